The van der Waals surface area contributed by atoms with Gasteiger partial charge in [-0.25, -0.2) is 4.98 Å². The average molecular weight is 264 g/mol. The smallest absolute Gasteiger partial charge is 0.224 e. The second-order valence-corrected chi connectivity index (χ2v) is 5.09. The van der Waals surface area contributed by atoms with Gasteiger partial charge in [0, 0.05) is 31.5 Å². The van der Waals surface area contributed by atoms with Gasteiger partial charge in [0.25, 0.3) is 0 Å². The van der Waals surface area contributed by atoms with Crippen LogP contribution in [0.15, 0.2) is 6.07 Å². The third kappa shape index (κ3) is 5.42. The van der Waals surface area contributed by atoms with Gasteiger partial charge in [-0.2, -0.15) is 4.98 Å². The van der Waals surface area contributed by atoms with Crippen LogP contribution in [0, 0.1) is 12.8 Å². The molecule has 0 bridgehead atoms. The lowest BCUT2D eigenvalue weighted by molar-refractivity contribution is 0.134. The van der Waals surface area contributed by atoms with Crippen LogP contribution >= 0.6 is 0 Å². The van der Waals surface area contributed by atoms with Crippen LogP contribution in [0.1, 0.15) is 31.9 Å². The summed E-state index contributed by atoms with van der Waals surface area (Å²) in [4.78, 5) is 8.78. The molecular weight excluding hydrogens is 240 g/mol. The maximum Gasteiger partial charge on any atom is 0.224 e. The van der Waals surface area contributed by atoms with Crippen LogP contribution in [0.2, 0.25) is 0 Å². The predicted molar refractivity (Wildman–Crippen MR) is 77.6 cm³/mol. The molecule has 1 saturated carbocycles. The second kappa shape index (κ2) is 7.28. The average Bonchev–Trinajstić information content (AvgIpc) is 3.19. The topological polar surface area (TPSA) is 59.1 Å². The molecular formula is C14H24N4O. The normalized spacial score (nSPS) is 14.4. The van der Waals surface area contributed by atoms with E-state index < -0.39 is 0 Å². The largest absolute Gasteiger partial charge is 0.379 e. The highest BCUT2D eigenvalue weighted by Crippen LogP contribution is 2.28. The third-order valence-corrected chi connectivity index (χ3v) is 2.99. The molecule has 1 heterocycles. The Bertz CT molecular complexity index is 393. The molecule has 1 aromatic heterocycles. The standard InChI is InChI=1S/C14H24N4O/c1-3-6-16-14-17-11(2)9-13(18-14)15-7-8-19-10-12-4-5-12/h9,12H,3-8,10H2,1-2H3,(H2,15,16,17,18). The molecule has 0 aromatic carbocycles. The van der Waals surface area contributed by atoms with Crippen molar-refractivity contribution in [3.8, 4) is 0 Å². The third-order valence-electron chi connectivity index (χ3n) is 2.99. The Hall–Kier alpha value is -1.36. The number of anilines is 2. The van der Waals surface area contributed by atoms with E-state index in [1.165, 1.54) is 12.8 Å². The summed E-state index contributed by atoms with van der Waals surface area (Å²) < 4.78 is 5.58. The molecule has 2 rings (SSSR count). The van der Waals surface area contributed by atoms with Crippen molar-refractivity contribution in [2.45, 2.75) is 33.1 Å². The number of rotatable bonds is 9. The summed E-state index contributed by atoms with van der Waals surface area (Å²) in [5.41, 5.74) is 0.968. The van der Waals surface area contributed by atoms with Gasteiger partial charge in [0.1, 0.15) is 5.82 Å². The molecule has 0 atom stereocenters. The molecule has 0 saturated heterocycles. The molecule has 5 heteroatoms. The lowest BCUT2D eigenvalue weighted by Crippen LogP contribution is -2.13. The highest BCUT2D eigenvalue weighted by Gasteiger charge is 2.20. The summed E-state index contributed by atoms with van der Waals surface area (Å²) in [6, 6.07) is 1.96. The molecule has 0 spiro atoms. The number of hydrogen-bond donors (Lipinski definition) is 2. The Balaban J connectivity index is 1.72. The van der Waals surface area contributed by atoms with Gasteiger partial charge in [0.05, 0.1) is 6.61 Å². The minimum absolute atomic E-state index is 0.697. The number of aromatic nitrogens is 2. The van der Waals surface area contributed by atoms with Crippen molar-refractivity contribution >= 4 is 11.8 Å². The fourth-order valence-corrected chi connectivity index (χ4v) is 1.76. The van der Waals surface area contributed by atoms with Gasteiger partial charge in [0.2, 0.25) is 5.95 Å². The predicted octanol–water partition coefficient (Wildman–Crippen LogP) is 2.45. The van der Waals surface area contributed by atoms with E-state index in [1.54, 1.807) is 0 Å². The van der Waals surface area contributed by atoms with Gasteiger partial charge in [-0.15, -0.1) is 0 Å². The Morgan fingerprint density at radius 1 is 1.26 bits per heavy atom. The maximum absolute atomic E-state index is 5.58. The van der Waals surface area contributed by atoms with Crippen molar-refractivity contribution in [2.75, 3.05) is 36.9 Å². The van der Waals surface area contributed by atoms with E-state index >= 15 is 0 Å². The van der Waals surface area contributed by atoms with E-state index in [1.807, 2.05) is 13.0 Å². The molecule has 2 N–H and O–H groups in total. The minimum Gasteiger partial charge on any atom is -0.379 e. The Kier molecular flexibility index (Phi) is 5.39. The molecule has 106 valence electrons. The number of nitrogens with one attached hydrogen (secondary N) is 2. The van der Waals surface area contributed by atoms with E-state index in [4.69, 9.17) is 4.74 Å². The molecule has 1 aliphatic carbocycles. The zero-order chi connectivity index (χ0) is 13.5. The first-order valence-electron chi connectivity index (χ1n) is 7.19. The maximum atomic E-state index is 5.58. The van der Waals surface area contributed by atoms with Gasteiger partial charge in [-0.05, 0) is 32.1 Å². The zero-order valence-electron chi connectivity index (χ0n) is 11.9. The Morgan fingerprint density at radius 3 is 2.84 bits per heavy atom. The van der Waals surface area contributed by atoms with E-state index in [-0.39, 0.29) is 0 Å². The number of nitrogens with zero attached hydrogens (tertiary/aromatic N) is 2. The molecule has 1 aromatic rings. The summed E-state index contributed by atoms with van der Waals surface area (Å²) in [6.45, 7) is 7.43. The van der Waals surface area contributed by atoms with Gasteiger partial charge < -0.3 is 15.4 Å². The summed E-state index contributed by atoms with van der Waals surface area (Å²) in [6.07, 6.45) is 3.74. The van der Waals surface area contributed by atoms with Crippen LogP contribution in [0.4, 0.5) is 11.8 Å². The lowest BCUT2D eigenvalue weighted by Gasteiger charge is -2.09. The SMILES string of the molecule is CCCNc1nc(C)cc(NCCOCC2CC2)n1. The van der Waals surface area contributed by atoms with Crippen molar-refractivity contribution in [1.29, 1.82) is 0 Å². The van der Waals surface area contributed by atoms with E-state index in [0.29, 0.717) is 5.95 Å². The first-order chi connectivity index (χ1) is 9.28. The fourth-order valence-electron chi connectivity index (χ4n) is 1.76. The molecule has 1 fully saturated rings. The van der Waals surface area contributed by atoms with Gasteiger partial charge in [0.15, 0.2) is 0 Å². The van der Waals surface area contributed by atoms with E-state index in [2.05, 4.69) is 27.5 Å². The van der Waals surface area contributed by atoms with Crippen LogP contribution in [0.3, 0.4) is 0 Å². The Labute approximate surface area is 115 Å². The van der Waals surface area contributed by atoms with Crippen LogP contribution in [-0.2, 0) is 4.74 Å². The first-order valence-corrected chi connectivity index (χ1v) is 7.19. The number of ether oxygens (including phenoxy) is 1. The van der Waals surface area contributed by atoms with Crippen LogP contribution in [-0.4, -0.2) is 36.3 Å². The molecule has 5 nitrogen and oxygen atoms in total. The minimum atomic E-state index is 0.697. The highest BCUT2D eigenvalue weighted by molar-refractivity contribution is 5.42. The van der Waals surface area contributed by atoms with Crippen molar-refractivity contribution in [2.24, 2.45) is 5.92 Å². The number of aryl methyl sites for hydroxylation is 1. The van der Waals surface area contributed by atoms with Crippen molar-refractivity contribution in [1.82, 2.24) is 9.97 Å². The first kappa shape index (κ1) is 14.1. The quantitative estimate of drug-likeness (QED) is 0.671. The molecule has 0 unspecified atom stereocenters. The summed E-state index contributed by atoms with van der Waals surface area (Å²) in [5.74, 6) is 2.38. The molecule has 0 radical (unpaired) electrons. The summed E-state index contributed by atoms with van der Waals surface area (Å²) >= 11 is 0. The van der Waals surface area contributed by atoms with Gasteiger partial charge in [-0.3, -0.25) is 0 Å². The molecule has 0 aliphatic heterocycles. The van der Waals surface area contributed by atoms with Crippen LogP contribution < -0.4 is 10.6 Å². The summed E-state index contributed by atoms with van der Waals surface area (Å²) in [5, 5.41) is 6.49. The van der Waals surface area contributed by atoms with Crippen molar-refractivity contribution in [3.05, 3.63) is 11.8 Å². The zero-order valence-corrected chi connectivity index (χ0v) is 11.9. The lowest BCUT2D eigenvalue weighted by atomic mass is 10.4. The van der Waals surface area contributed by atoms with E-state index in [0.717, 1.165) is 50.2 Å². The summed E-state index contributed by atoms with van der Waals surface area (Å²) in [7, 11) is 0. The Morgan fingerprint density at radius 2 is 2.11 bits per heavy atom. The van der Waals surface area contributed by atoms with Crippen LogP contribution in [0.5, 0.6) is 0 Å². The molecule has 1 aliphatic rings. The second-order valence-electron chi connectivity index (χ2n) is 5.09. The fraction of sp³-hybridized carbons (Fsp3) is 0.714. The van der Waals surface area contributed by atoms with Crippen molar-refractivity contribution < 1.29 is 4.74 Å². The highest BCUT2D eigenvalue weighted by atomic mass is 16.5. The number of hydrogen-bond acceptors (Lipinski definition) is 5. The van der Waals surface area contributed by atoms with Crippen LogP contribution in [0.25, 0.3) is 0 Å². The van der Waals surface area contributed by atoms with Crippen molar-refractivity contribution in [3.63, 3.8) is 0 Å². The van der Waals surface area contributed by atoms with E-state index in [9.17, 15) is 0 Å². The molecule has 0 amide bonds. The monoisotopic (exact) mass is 264 g/mol. The van der Waals surface area contributed by atoms with Gasteiger partial charge in [-0.1, -0.05) is 6.92 Å². The molecule has 19 heavy (non-hydrogen) atoms. The van der Waals surface area contributed by atoms with Gasteiger partial charge >= 0.3 is 0 Å².